The van der Waals surface area contributed by atoms with Crippen LogP contribution in [0, 0.1) is 0 Å². The van der Waals surface area contributed by atoms with Gasteiger partial charge in [0.25, 0.3) is 0 Å². The Balaban J connectivity index is 3.08. The fourth-order valence-electron chi connectivity index (χ4n) is 1.44. The first kappa shape index (κ1) is 13.3. The van der Waals surface area contributed by atoms with Crippen LogP contribution in [0.1, 0.15) is 5.56 Å². The lowest BCUT2D eigenvalue weighted by molar-refractivity contribution is 0.168. The fraction of sp³-hybridized carbons (Fsp3) is 0.333. The van der Waals surface area contributed by atoms with Gasteiger partial charge in [0.2, 0.25) is 5.75 Å². The second-order valence-corrected chi connectivity index (χ2v) is 3.19. The zero-order valence-corrected chi connectivity index (χ0v) is 10.2. The molecule has 0 saturated heterocycles. The van der Waals surface area contributed by atoms with E-state index in [1.54, 1.807) is 27.4 Å². The maximum absolute atomic E-state index is 5.23. The van der Waals surface area contributed by atoms with Crippen LogP contribution in [-0.2, 0) is 4.84 Å². The molecule has 0 radical (unpaired) electrons. The number of rotatable bonds is 6. The Morgan fingerprint density at radius 1 is 1.06 bits per heavy atom. The zero-order valence-electron chi connectivity index (χ0n) is 10.2. The van der Waals surface area contributed by atoms with Gasteiger partial charge >= 0.3 is 0 Å². The van der Waals surface area contributed by atoms with Crippen LogP contribution in [0.2, 0.25) is 0 Å². The van der Waals surface area contributed by atoms with Crippen molar-refractivity contribution in [3.8, 4) is 17.2 Å². The van der Waals surface area contributed by atoms with Crippen LogP contribution in [-0.4, -0.2) is 27.9 Å². The quantitative estimate of drug-likeness (QED) is 0.764. The summed E-state index contributed by atoms with van der Waals surface area (Å²) < 4.78 is 15.7. The molecule has 1 aromatic rings. The maximum Gasteiger partial charge on any atom is 0.203 e. The standard InChI is InChI=1S/C12H17NO4/c1-14-10-7-9(5-4-6-17-13)8-11(15-2)12(10)16-3/h4-5,7-8H,6,13H2,1-3H3/b5-4+. The van der Waals surface area contributed by atoms with Crippen molar-refractivity contribution in [2.75, 3.05) is 27.9 Å². The largest absolute Gasteiger partial charge is 0.493 e. The van der Waals surface area contributed by atoms with Gasteiger partial charge in [0.15, 0.2) is 11.5 Å². The molecule has 0 aliphatic heterocycles. The monoisotopic (exact) mass is 239 g/mol. The molecular formula is C12H17NO4. The normalized spacial score (nSPS) is 10.6. The van der Waals surface area contributed by atoms with Crippen molar-refractivity contribution in [2.24, 2.45) is 5.90 Å². The number of nitrogens with two attached hydrogens (primary N) is 1. The molecular weight excluding hydrogens is 222 g/mol. The van der Waals surface area contributed by atoms with Crippen molar-refractivity contribution < 1.29 is 19.0 Å². The first-order valence-corrected chi connectivity index (χ1v) is 5.05. The smallest absolute Gasteiger partial charge is 0.203 e. The Morgan fingerprint density at radius 3 is 2.06 bits per heavy atom. The first-order chi connectivity index (χ1) is 8.26. The highest BCUT2D eigenvalue weighted by Gasteiger charge is 2.11. The van der Waals surface area contributed by atoms with Crippen molar-refractivity contribution in [3.63, 3.8) is 0 Å². The Morgan fingerprint density at radius 2 is 1.65 bits per heavy atom. The van der Waals surface area contributed by atoms with Gasteiger partial charge in [-0.05, 0) is 17.7 Å². The average molecular weight is 239 g/mol. The molecule has 0 bridgehead atoms. The van der Waals surface area contributed by atoms with E-state index < -0.39 is 0 Å². The number of hydrogen-bond acceptors (Lipinski definition) is 5. The third-order valence-corrected chi connectivity index (χ3v) is 2.19. The SMILES string of the molecule is COc1cc(/C=C/CON)cc(OC)c1OC. The molecule has 1 rings (SSSR count). The van der Waals surface area contributed by atoms with Crippen molar-refractivity contribution in [1.29, 1.82) is 0 Å². The highest BCUT2D eigenvalue weighted by molar-refractivity contribution is 5.62. The van der Waals surface area contributed by atoms with E-state index in [9.17, 15) is 0 Å². The number of methoxy groups -OCH3 is 3. The predicted molar refractivity (Wildman–Crippen MR) is 65.3 cm³/mol. The minimum atomic E-state index is 0.344. The zero-order chi connectivity index (χ0) is 12.7. The third kappa shape index (κ3) is 3.37. The minimum Gasteiger partial charge on any atom is -0.493 e. The highest BCUT2D eigenvalue weighted by Crippen LogP contribution is 2.38. The van der Waals surface area contributed by atoms with Crippen LogP contribution in [0.5, 0.6) is 17.2 Å². The van der Waals surface area contributed by atoms with E-state index in [2.05, 4.69) is 4.84 Å². The highest BCUT2D eigenvalue weighted by atomic mass is 16.6. The molecule has 2 N–H and O–H groups in total. The molecule has 0 aliphatic carbocycles. The molecule has 5 nitrogen and oxygen atoms in total. The van der Waals surface area contributed by atoms with E-state index in [1.165, 1.54) is 0 Å². The van der Waals surface area contributed by atoms with E-state index in [0.717, 1.165) is 5.56 Å². The van der Waals surface area contributed by atoms with Crippen LogP contribution in [0.15, 0.2) is 18.2 Å². The van der Waals surface area contributed by atoms with Crippen LogP contribution >= 0.6 is 0 Å². The first-order valence-electron chi connectivity index (χ1n) is 5.05. The van der Waals surface area contributed by atoms with Gasteiger partial charge in [-0.1, -0.05) is 12.2 Å². The van der Waals surface area contributed by atoms with Gasteiger partial charge in [0.05, 0.1) is 27.9 Å². The summed E-state index contributed by atoms with van der Waals surface area (Å²) in [5, 5.41) is 0. The van der Waals surface area contributed by atoms with Crippen LogP contribution in [0.3, 0.4) is 0 Å². The summed E-state index contributed by atoms with van der Waals surface area (Å²) in [6.07, 6.45) is 3.65. The van der Waals surface area contributed by atoms with Crippen molar-refractivity contribution >= 4 is 6.08 Å². The Bertz CT molecular complexity index is 365. The summed E-state index contributed by atoms with van der Waals surface area (Å²) in [7, 11) is 4.72. The van der Waals surface area contributed by atoms with E-state index in [4.69, 9.17) is 20.1 Å². The van der Waals surface area contributed by atoms with Crippen molar-refractivity contribution in [1.82, 2.24) is 0 Å². The molecule has 17 heavy (non-hydrogen) atoms. The van der Waals surface area contributed by atoms with E-state index in [-0.39, 0.29) is 0 Å². The molecule has 94 valence electrons. The molecule has 0 spiro atoms. The van der Waals surface area contributed by atoms with Gasteiger partial charge in [-0.25, -0.2) is 5.90 Å². The summed E-state index contributed by atoms with van der Waals surface area (Å²) in [6.45, 7) is 0.344. The van der Waals surface area contributed by atoms with Gasteiger partial charge in [0.1, 0.15) is 0 Å². The molecule has 0 unspecified atom stereocenters. The van der Waals surface area contributed by atoms with Crippen molar-refractivity contribution in [3.05, 3.63) is 23.8 Å². The molecule has 0 aromatic heterocycles. The topological polar surface area (TPSA) is 62.9 Å². The lowest BCUT2D eigenvalue weighted by Crippen LogP contribution is -1.97. The van der Waals surface area contributed by atoms with E-state index >= 15 is 0 Å². The van der Waals surface area contributed by atoms with Crippen LogP contribution < -0.4 is 20.1 Å². The Labute approximate surface area is 101 Å². The van der Waals surface area contributed by atoms with Gasteiger partial charge < -0.3 is 19.0 Å². The second-order valence-electron chi connectivity index (χ2n) is 3.19. The number of benzene rings is 1. The van der Waals surface area contributed by atoms with Gasteiger partial charge in [-0.2, -0.15) is 0 Å². The molecule has 0 atom stereocenters. The summed E-state index contributed by atoms with van der Waals surface area (Å²) in [5.41, 5.74) is 0.913. The fourth-order valence-corrected chi connectivity index (χ4v) is 1.44. The van der Waals surface area contributed by atoms with Crippen molar-refractivity contribution in [2.45, 2.75) is 0 Å². The average Bonchev–Trinajstić information content (AvgIpc) is 2.37. The summed E-state index contributed by atoms with van der Waals surface area (Å²) in [6, 6.07) is 3.68. The molecule has 0 heterocycles. The van der Waals surface area contributed by atoms with Crippen LogP contribution in [0.4, 0.5) is 0 Å². The van der Waals surface area contributed by atoms with Gasteiger partial charge in [-0.15, -0.1) is 0 Å². The van der Waals surface area contributed by atoms with E-state index in [1.807, 2.05) is 18.2 Å². The van der Waals surface area contributed by atoms with E-state index in [0.29, 0.717) is 23.9 Å². The Kier molecular flexibility index (Phi) is 5.32. The molecule has 0 saturated carbocycles. The maximum atomic E-state index is 5.23. The molecule has 5 heteroatoms. The molecule has 0 amide bonds. The van der Waals surface area contributed by atoms with Gasteiger partial charge in [0, 0.05) is 0 Å². The number of hydrogen-bond donors (Lipinski definition) is 1. The second kappa shape index (κ2) is 6.78. The summed E-state index contributed by atoms with van der Waals surface area (Å²) in [5.74, 6) is 6.72. The number of ether oxygens (including phenoxy) is 3. The lowest BCUT2D eigenvalue weighted by Gasteiger charge is -2.12. The predicted octanol–water partition coefficient (Wildman–Crippen LogP) is 1.62. The summed E-state index contributed by atoms with van der Waals surface area (Å²) in [4.78, 5) is 4.45. The minimum absolute atomic E-state index is 0.344. The molecule has 0 fully saturated rings. The molecule has 1 aromatic carbocycles. The summed E-state index contributed by atoms with van der Waals surface area (Å²) >= 11 is 0. The lowest BCUT2D eigenvalue weighted by atomic mass is 10.1. The third-order valence-electron chi connectivity index (χ3n) is 2.19. The van der Waals surface area contributed by atoms with Crippen LogP contribution in [0.25, 0.3) is 6.08 Å². The van der Waals surface area contributed by atoms with Gasteiger partial charge in [-0.3, -0.25) is 0 Å². The Hall–Kier alpha value is -1.72. The molecule has 0 aliphatic rings.